The zero-order chi connectivity index (χ0) is 28.4. The first kappa shape index (κ1) is 27.6. The van der Waals surface area contributed by atoms with Gasteiger partial charge in [0.05, 0.1) is 17.5 Å². The molecule has 0 bridgehead atoms. The van der Waals surface area contributed by atoms with E-state index in [0.29, 0.717) is 17.9 Å². The number of piperidine rings is 1. The molecule has 39 heavy (non-hydrogen) atoms. The molecule has 10 nitrogen and oxygen atoms in total. The van der Waals surface area contributed by atoms with Crippen LogP contribution in [0.4, 0.5) is 0 Å². The Morgan fingerprint density at radius 2 is 1.79 bits per heavy atom. The van der Waals surface area contributed by atoms with Gasteiger partial charge in [-0.2, -0.15) is 0 Å². The van der Waals surface area contributed by atoms with Crippen molar-refractivity contribution in [2.24, 2.45) is 35.3 Å². The minimum absolute atomic E-state index is 0.0634. The van der Waals surface area contributed by atoms with Gasteiger partial charge in [0.25, 0.3) is 0 Å². The van der Waals surface area contributed by atoms with Crippen LogP contribution in [0.5, 0.6) is 5.75 Å². The smallest absolute Gasteiger partial charge is 0.235 e. The van der Waals surface area contributed by atoms with Crippen molar-refractivity contribution >= 4 is 29.0 Å². The predicted molar refractivity (Wildman–Crippen MR) is 140 cm³/mol. The number of phenolic OH excluding ortho intramolecular Hbond substituents is 1. The fourth-order valence-corrected chi connectivity index (χ4v) is 7.61. The van der Waals surface area contributed by atoms with Crippen LogP contribution in [0.25, 0.3) is 0 Å². The topological polar surface area (TPSA) is 158 Å². The molecule has 6 atom stereocenters. The molecule has 0 spiro atoms. The average Bonchev–Trinajstić information content (AvgIpc) is 2.86. The summed E-state index contributed by atoms with van der Waals surface area (Å²) >= 11 is 0. The lowest BCUT2D eigenvalue weighted by atomic mass is 9.52. The van der Waals surface area contributed by atoms with Crippen LogP contribution >= 0.6 is 0 Å². The summed E-state index contributed by atoms with van der Waals surface area (Å²) in [5.74, 6) is -9.51. The Kier molecular flexibility index (Phi) is 7.01. The van der Waals surface area contributed by atoms with Gasteiger partial charge in [0, 0.05) is 5.92 Å². The van der Waals surface area contributed by atoms with Crippen LogP contribution in [0.1, 0.15) is 47.2 Å². The Bertz CT molecular complexity index is 1250. The number of fused-ring (bicyclic) bond motifs is 3. The molecule has 1 aromatic carbocycles. The number of benzene rings is 1. The lowest BCUT2D eigenvalue weighted by Gasteiger charge is -2.52. The fraction of sp³-hybridized carbons (Fsp3) is 0.621. The molecule has 1 amide bonds. The van der Waals surface area contributed by atoms with Gasteiger partial charge < -0.3 is 20.8 Å². The third kappa shape index (κ3) is 4.24. The van der Waals surface area contributed by atoms with E-state index in [1.807, 2.05) is 6.07 Å². The van der Waals surface area contributed by atoms with Crippen LogP contribution in [-0.4, -0.2) is 94.9 Å². The van der Waals surface area contributed by atoms with Crippen molar-refractivity contribution in [3.8, 4) is 5.75 Å². The van der Waals surface area contributed by atoms with E-state index in [1.165, 1.54) is 11.0 Å². The zero-order valence-electron chi connectivity index (χ0n) is 22.7. The molecular formula is C29H37N3O7. The van der Waals surface area contributed by atoms with Crippen molar-refractivity contribution < 1.29 is 34.2 Å². The quantitative estimate of drug-likeness (QED) is 0.443. The van der Waals surface area contributed by atoms with Crippen molar-refractivity contribution in [1.82, 2.24) is 9.80 Å². The molecule has 1 aliphatic heterocycles. The molecule has 3 fully saturated rings. The third-order valence-corrected chi connectivity index (χ3v) is 9.70. The molecule has 4 N–H and O–H groups in total. The number of carbonyl (C=O) groups is 5. The molecule has 1 heterocycles. The average molecular weight is 540 g/mol. The van der Waals surface area contributed by atoms with Crippen LogP contribution in [-0.2, 0) is 32.0 Å². The molecule has 5 rings (SSSR count). The van der Waals surface area contributed by atoms with Crippen molar-refractivity contribution in [3.63, 3.8) is 0 Å². The summed E-state index contributed by atoms with van der Waals surface area (Å²) in [6.45, 7) is 2.10. The second-order valence-electron chi connectivity index (χ2n) is 12.2. The SMILES string of the molecule is CN1CCC(CCc2ccc(O)c3c2C[C@@H]2C[C@@H]4[C@@H](N(C)C)C(=O)C(C(N)=O)C(=O)[C@]4(O)C(=O)C2C3=O)CC1. The highest BCUT2D eigenvalue weighted by Gasteiger charge is 2.69. The van der Waals surface area contributed by atoms with Crippen LogP contribution in [0.3, 0.4) is 0 Å². The van der Waals surface area contributed by atoms with Crippen molar-refractivity contribution in [2.45, 2.75) is 50.2 Å². The molecular weight excluding hydrogens is 502 g/mol. The highest BCUT2D eigenvalue weighted by molar-refractivity contribution is 6.32. The first-order valence-corrected chi connectivity index (χ1v) is 13.7. The highest BCUT2D eigenvalue weighted by atomic mass is 16.3. The molecule has 2 unspecified atom stereocenters. The van der Waals surface area contributed by atoms with Gasteiger partial charge in [-0.05, 0) is 102 Å². The highest BCUT2D eigenvalue weighted by Crippen LogP contribution is 2.51. The summed E-state index contributed by atoms with van der Waals surface area (Å²) in [6, 6.07) is 2.21. The van der Waals surface area contributed by atoms with Crippen molar-refractivity contribution in [3.05, 3.63) is 28.8 Å². The number of ketones is 4. The Morgan fingerprint density at radius 3 is 2.41 bits per heavy atom. The largest absolute Gasteiger partial charge is 0.507 e. The van der Waals surface area contributed by atoms with Crippen LogP contribution in [0.15, 0.2) is 12.1 Å². The summed E-state index contributed by atoms with van der Waals surface area (Å²) in [5, 5.41) is 22.4. The maximum atomic E-state index is 13.9. The van der Waals surface area contributed by atoms with Gasteiger partial charge >= 0.3 is 0 Å². The number of amides is 1. The van der Waals surface area contributed by atoms with E-state index < -0.39 is 64.4 Å². The predicted octanol–water partition coefficient (Wildman–Crippen LogP) is 0.141. The number of primary amides is 1. The summed E-state index contributed by atoms with van der Waals surface area (Å²) in [6.07, 6.45) is 4.28. The molecule has 4 aliphatic rings. The third-order valence-electron chi connectivity index (χ3n) is 9.70. The maximum absolute atomic E-state index is 13.9. The Morgan fingerprint density at radius 1 is 1.13 bits per heavy atom. The molecule has 3 aliphatic carbocycles. The first-order valence-electron chi connectivity index (χ1n) is 13.7. The van der Waals surface area contributed by atoms with Gasteiger partial charge in [-0.1, -0.05) is 6.07 Å². The number of aryl methyl sites for hydroxylation is 1. The standard InChI is InChI=1S/C29H37N3O7/c1-31(2)23-18-13-16-12-17-15(5-4-14-8-10-32(3)11-9-14)6-7-19(33)21(17)24(34)20(16)26(36)29(18,39)27(37)22(25(23)35)28(30)38/h6-7,14,16,18,20,22-23,33,39H,4-5,8-13H2,1-3H3,(H2,30,38)/t16-,18-,20?,22?,23-,29-/m1/s1. The number of hydrogen-bond acceptors (Lipinski definition) is 9. The maximum Gasteiger partial charge on any atom is 0.235 e. The van der Waals surface area contributed by atoms with Gasteiger partial charge in [-0.15, -0.1) is 0 Å². The van der Waals surface area contributed by atoms with Gasteiger partial charge in [0.2, 0.25) is 5.91 Å². The van der Waals surface area contributed by atoms with Crippen LogP contribution in [0, 0.1) is 29.6 Å². The minimum atomic E-state index is -2.70. The number of likely N-dealkylation sites (tertiary alicyclic amines) is 1. The molecule has 0 radical (unpaired) electrons. The Labute approximate surface area is 227 Å². The van der Waals surface area contributed by atoms with E-state index in [9.17, 15) is 34.2 Å². The van der Waals surface area contributed by atoms with E-state index in [2.05, 4.69) is 11.9 Å². The van der Waals surface area contributed by atoms with Crippen molar-refractivity contribution in [1.29, 1.82) is 0 Å². The van der Waals surface area contributed by atoms with Gasteiger partial charge in [-0.3, -0.25) is 28.9 Å². The summed E-state index contributed by atoms with van der Waals surface area (Å²) in [4.78, 5) is 70.1. The molecule has 210 valence electrons. The number of hydrogen-bond donors (Lipinski definition) is 3. The molecule has 1 saturated heterocycles. The van der Waals surface area contributed by atoms with E-state index in [1.54, 1.807) is 14.1 Å². The molecule has 2 saturated carbocycles. The van der Waals surface area contributed by atoms with Crippen LogP contribution < -0.4 is 5.73 Å². The normalized spacial score (nSPS) is 33.6. The van der Waals surface area contributed by atoms with Gasteiger partial charge in [0.15, 0.2) is 34.7 Å². The van der Waals surface area contributed by atoms with E-state index >= 15 is 0 Å². The number of likely N-dealkylation sites (N-methyl/N-ethyl adjacent to an activating group) is 1. The Balaban J connectivity index is 1.51. The summed E-state index contributed by atoms with van der Waals surface area (Å²) in [7, 11) is 5.27. The molecule has 1 aromatic rings. The monoisotopic (exact) mass is 539 g/mol. The lowest BCUT2D eigenvalue weighted by molar-refractivity contribution is -0.181. The minimum Gasteiger partial charge on any atom is -0.507 e. The second-order valence-corrected chi connectivity index (χ2v) is 12.2. The number of aliphatic hydroxyl groups is 1. The summed E-state index contributed by atoms with van der Waals surface area (Å²) in [5.41, 5.74) is 4.40. The number of phenols is 1. The first-order chi connectivity index (χ1) is 18.4. The van der Waals surface area contributed by atoms with E-state index in [0.717, 1.165) is 44.3 Å². The number of nitrogens with zero attached hydrogens (tertiary/aromatic N) is 2. The number of carbonyl (C=O) groups excluding carboxylic acids is 5. The second kappa shape index (κ2) is 9.91. The van der Waals surface area contributed by atoms with Gasteiger partial charge in [0.1, 0.15) is 5.75 Å². The van der Waals surface area contributed by atoms with Crippen molar-refractivity contribution in [2.75, 3.05) is 34.2 Å². The lowest BCUT2D eigenvalue weighted by Crippen LogP contribution is -2.74. The number of nitrogens with two attached hydrogens (primary N) is 1. The fourth-order valence-electron chi connectivity index (χ4n) is 7.61. The molecule has 10 heteroatoms. The van der Waals surface area contributed by atoms with Crippen LogP contribution in [0.2, 0.25) is 0 Å². The Hall–Kier alpha value is -2.95. The van der Waals surface area contributed by atoms with Gasteiger partial charge in [-0.25, -0.2) is 0 Å². The molecule has 0 aromatic heterocycles. The van der Waals surface area contributed by atoms with E-state index in [-0.39, 0.29) is 17.7 Å². The summed E-state index contributed by atoms with van der Waals surface area (Å²) < 4.78 is 0. The number of rotatable bonds is 5. The number of Topliss-reactive ketones (excluding diaryl/α,β-unsaturated/α-hetero) is 4. The van der Waals surface area contributed by atoms with E-state index in [4.69, 9.17) is 5.73 Å². The zero-order valence-corrected chi connectivity index (χ0v) is 22.7. The number of aromatic hydroxyl groups is 1.